The molecule has 202 valence electrons. The third-order valence-electron chi connectivity index (χ3n) is 8.29. The van der Waals surface area contributed by atoms with E-state index < -0.39 is 16.5 Å². The van der Waals surface area contributed by atoms with Crippen molar-refractivity contribution >= 4 is 20.2 Å². The number of hydrogen-bond acceptors (Lipinski definition) is 4. The third kappa shape index (κ3) is 7.50. The van der Waals surface area contributed by atoms with Gasteiger partial charge in [0.1, 0.15) is 0 Å². The Bertz CT molecular complexity index is 848. The molecule has 2 rings (SSSR count). The van der Waals surface area contributed by atoms with Gasteiger partial charge in [0.2, 0.25) is 0 Å². The van der Waals surface area contributed by atoms with Crippen molar-refractivity contribution in [1.29, 1.82) is 0 Å². The standard InChI is InChI=1S/C31H49O4P/c1-6-7-8-9-10-11-12-13-14-18-21-35-29(33)30(5,36-34)31(19-16-15-17-20-31)28(32)27-25(3)22-24(2)23-26(27)4/h22-23H,6-21H2,1-5H3. The van der Waals surface area contributed by atoms with Gasteiger partial charge in [0, 0.05) is 5.56 Å². The van der Waals surface area contributed by atoms with Gasteiger partial charge in [-0.25, -0.2) is 0 Å². The van der Waals surface area contributed by atoms with Gasteiger partial charge in [0.05, 0.1) is 12.0 Å². The third-order valence-corrected chi connectivity index (χ3v) is 9.26. The SMILES string of the molecule is CCCCCCCCCCCCOC(=O)C(C)(P=O)C1(C(=O)c2c(C)cc(C)cc2C)CCCCC1. The molecule has 0 saturated heterocycles. The van der Waals surface area contributed by atoms with Gasteiger partial charge in [0.25, 0.3) is 0 Å². The molecule has 4 nitrogen and oxygen atoms in total. The predicted molar refractivity (Wildman–Crippen MR) is 149 cm³/mol. The molecule has 0 N–H and O–H groups in total. The molecular weight excluding hydrogens is 467 g/mol. The lowest BCUT2D eigenvalue weighted by atomic mass is 9.61. The van der Waals surface area contributed by atoms with E-state index in [9.17, 15) is 14.2 Å². The molecule has 1 unspecified atom stereocenters. The minimum absolute atomic E-state index is 0.0427. The maximum absolute atomic E-state index is 14.2. The highest BCUT2D eigenvalue weighted by Gasteiger charge is 2.60. The van der Waals surface area contributed by atoms with E-state index in [-0.39, 0.29) is 14.2 Å². The molecule has 1 aromatic carbocycles. The zero-order valence-electron chi connectivity index (χ0n) is 23.5. The van der Waals surface area contributed by atoms with E-state index in [0.29, 0.717) is 25.0 Å². The average molecular weight is 517 g/mol. The summed E-state index contributed by atoms with van der Waals surface area (Å²) in [5, 5.41) is -1.38. The summed E-state index contributed by atoms with van der Waals surface area (Å²) in [4.78, 5) is 27.6. The fourth-order valence-corrected chi connectivity index (χ4v) is 6.72. The Balaban J connectivity index is 2.02. The van der Waals surface area contributed by atoms with Crippen LogP contribution in [0, 0.1) is 26.2 Å². The molecule has 1 fully saturated rings. The first kappa shape index (κ1) is 30.7. The van der Waals surface area contributed by atoms with Gasteiger partial charge in [-0.2, -0.15) is 0 Å². The first-order chi connectivity index (χ1) is 17.2. The van der Waals surface area contributed by atoms with E-state index in [4.69, 9.17) is 4.74 Å². The molecule has 1 aliphatic carbocycles. The highest BCUT2D eigenvalue weighted by atomic mass is 31.1. The highest BCUT2D eigenvalue weighted by molar-refractivity contribution is 7.28. The molecular formula is C31H49O4P. The van der Waals surface area contributed by atoms with Crippen LogP contribution in [0.2, 0.25) is 0 Å². The van der Waals surface area contributed by atoms with Crippen LogP contribution in [0.1, 0.15) is 137 Å². The van der Waals surface area contributed by atoms with Crippen LogP contribution in [0.15, 0.2) is 12.1 Å². The number of Topliss-reactive ketones (excluding diaryl/α,β-unsaturated/α-hetero) is 1. The number of ketones is 1. The molecule has 1 saturated carbocycles. The summed E-state index contributed by atoms with van der Waals surface area (Å²) in [7, 11) is -0.330. The Morgan fingerprint density at radius 3 is 1.86 bits per heavy atom. The van der Waals surface area contributed by atoms with E-state index >= 15 is 0 Å². The molecule has 0 radical (unpaired) electrons. The van der Waals surface area contributed by atoms with Crippen LogP contribution in [0.3, 0.4) is 0 Å². The van der Waals surface area contributed by atoms with Crippen LogP contribution in [-0.4, -0.2) is 23.5 Å². The van der Waals surface area contributed by atoms with E-state index in [0.717, 1.165) is 55.2 Å². The summed E-state index contributed by atoms with van der Waals surface area (Å²) in [5.74, 6) is -0.535. The number of unbranched alkanes of at least 4 members (excludes halogenated alkanes) is 9. The van der Waals surface area contributed by atoms with Crippen LogP contribution < -0.4 is 0 Å². The highest BCUT2D eigenvalue weighted by Crippen LogP contribution is 2.54. The molecule has 1 aromatic rings. The maximum atomic E-state index is 14.2. The molecule has 5 heteroatoms. The van der Waals surface area contributed by atoms with E-state index in [1.807, 2.05) is 32.9 Å². The average Bonchev–Trinajstić information content (AvgIpc) is 2.86. The van der Waals surface area contributed by atoms with Crippen molar-refractivity contribution in [3.8, 4) is 0 Å². The Hall–Kier alpha value is -1.54. The monoisotopic (exact) mass is 516 g/mol. The Morgan fingerprint density at radius 2 is 1.36 bits per heavy atom. The van der Waals surface area contributed by atoms with Crippen LogP contribution >= 0.6 is 8.46 Å². The summed E-state index contributed by atoms with van der Waals surface area (Å²) in [6, 6.07) is 4.04. The predicted octanol–water partition coefficient (Wildman–Crippen LogP) is 9.26. The Morgan fingerprint density at radius 1 is 0.861 bits per heavy atom. The summed E-state index contributed by atoms with van der Waals surface area (Å²) in [6.07, 6.45) is 16.0. The van der Waals surface area contributed by atoms with Gasteiger partial charge < -0.3 is 4.74 Å². The normalized spacial score (nSPS) is 17.0. The fourth-order valence-electron chi connectivity index (χ4n) is 6.08. The minimum atomic E-state index is -1.38. The first-order valence-corrected chi connectivity index (χ1v) is 15.2. The molecule has 0 heterocycles. The van der Waals surface area contributed by atoms with Crippen LogP contribution in [0.4, 0.5) is 0 Å². The van der Waals surface area contributed by atoms with Gasteiger partial charge in [0.15, 0.2) is 19.4 Å². The van der Waals surface area contributed by atoms with Crippen molar-refractivity contribution < 1.29 is 18.9 Å². The van der Waals surface area contributed by atoms with Crippen molar-refractivity contribution in [1.82, 2.24) is 0 Å². The Kier molecular flexibility index (Phi) is 12.8. The van der Waals surface area contributed by atoms with Gasteiger partial charge in [-0.05, 0) is 58.1 Å². The molecule has 1 atom stereocenters. The summed E-state index contributed by atoms with van der Waals surface area (Å²) < 4.78 is 18.4. The van der Waals surface area contributed by atoms with Crippen LogP contribution in [0.25, 0.3) is 0 Å². The zero-order valence-corrected chi connectivity index (χ0v) is 24.4. The van der Waals surface area contributed by atoms with Gasteiger partial charge in [-0.15, -0.1) is 0 Å². The lowest BCUT2D eigenvalue weighted by molar-refractivity contribution is -0.150. The smallest absolute Gasteiger partial charge is 0.324 e. The topological polar surface area (TPSA) is 60.4 Å². The molecule has 36 heavy (non-hydrogen) atoms. The molecule has 0 bridgehead atoms. The van der Waals surface area contributed by atoms with E-state index in [1.165, 1.54) is 44.9 Å². The molecule has 0 aromatic heterocycles. The van der Waals surface area contributed by atoms with Crippen LogP contribution in [0.5, 0.6) is 0 Å². The van der Waals surface area contributed by atoms with E-state index in [2.05, 4.69) is 6.92 Å². The molecule has 0 aliphatic heterocycles. The van der Waals surface area contributed by atoms with Crippen LogP contribution in [-0.2, 0) is 14.1 Å². The number of hydrogen-bond donors (Lipinski definition) is 0. The minimum Gasteiger partial charge on any atom is -0.465 e. The second-order valence-electron chi connectivity index (χ2n) is 11.2. The number of esters is 1. The summed E-state index contributed by atoms with van der Waals surface area (Å²) >= 11 is 0. The number of carbonyl (C=O) groups is 2. The number of rotatable bonds is 16. The number of aryl methyl sites for hydroxylation is 3. The second kappa shape index (κ2) is 15.0. The van der Waals surface area contributed by atoms with Crippen molar-refractivity contribution in [2.75, 3.05) is 6.61 Å². The van der Waals surface area contributed by atoms with Gasteiger partial charge >= 0.3 is 5.97 Å². The largest absolute Gasteiger partial charge is 0.465 e. The lowest BCUT2D eigenvalue weighted by Gasteiger charge is -2.44. The van der Waals surface area contributed by atoms with E-state index in [1.54, 1.807) is 6.92 Å². The van der Waals surface area contributed by atoms with Crippen molar-refractivity contribution in [3.63, 3.8) is 0 Å². The number of benzene rings is 1. The molecule has 1 aliphatic rings. The zero-order chi connectivity index (χ0) is 26.6. The first-order valence-electron chi connectivity index (χ1n) is 14.4. The number of ether oxygens (including phenoxy) is 1. The summed E-state index contributed by atoms with van der Waals surface area (Å²) in [5.41, 5.74) is 2.63. The lowest BCUT2D eigenvalue weighted by Crippen LogP contribution is -2.54. The number of carbonyl (C=O) groups excluding carboxylic acids is 2. The summed E-state index contributed by atoms with van der Waals surface area (Å²) in [6.45, 7) is 10.2. The van der Waals surface area contributed by atoms with Gasteiger partial charge in [-0.1, -0.05) is 102 Å². The van der Waals surface area contributed by atoms with Crippen molar-refractivity contribution in [3.05, 3.63) is 34.4 Å². The second-order valence-corrected chi connectivity index (χ2v) is 12.3. The molecule has 0 spiro atoms. The molecule has 0 amide bonds. The van der Waals surface area contributed by atoms with Crippen molar-refractivity contribution in [2.24, 2.45) is 5.41 Å². The van der Waals surface area contributed by atoms with Gasteiger partial charge in [-0.3, -0.25) is 14.2 Å². The quantitative estimate of drug-likeness (QED) is 0.0950. The Labute approximate surface area is 221 Å². The van der Waals surface area contributed by atoms with Crippen molar-refractivity contribution in [2.45, 2.75) is 136 Å². The fraction of sp³-hybridized carbons (Fsp3) is 0.742. The maximum Gasteiger partial charge on any atom is 0.324 e.